The Bertz CT molecular complexity index is 1060. The van der Waals surface area contributed by atoms with E-state index < -0.39 is 0 Å². The third-order valence-corrected chi connectivity index (χ3v) is 5.25. The van der Waals surface area contributed by atoms with E-state index in [1.165, 1.54) is 0 Å². The van der Waals surface area contributed by atoms with E-state index in [0.717, 1.165) is 40.4 Å². The standard InChI is InChI=1S/C22H21N5O/c23-13-15-2-1-3-16(10-15)18-11-17-4-7-25-14-20(17)21(12-18)26-19-5-8-27(9-6-19)22(24)28/h1-4,7,10-12,14,19,26H,5-6,8-9H2,(H2,24,28). The Morgan fingerprint density at radius 2 is 2.00 bits per heavy atom. The van der Waals surface area contributed by atoms with Crippen LogP contribution in [0.15, 0.2) is 54.9 Å². The topological polar surface area (TPSA) is 95.0 Å². The minimum atomic E-state index is -0.354. The minimum Gasteiger partial charge on any atom is -0.382 e. The fourth-order valence-electron chi connectivity index (χ4n) is 3.72. The number of piperidine rings is 1. The monoisotopic (exact) mass is 371 g/mol. The van der Waals surface area contributed by atoms with Gasteiger partial charge in [-0.1, -0.05) is 12.1 Å². The second kappa shape index (κ2) is 7.57. The molecule has 4 rings (SSSR count). The number of nitrogens with one attached hydrogen (secondary N) is 1. The van der Waals surface area contributed by atoms with Gasteiger partial charge in [0.1, 0.15) is 0 Å². The van der Waals surface area contributed by atoms with Crippen LogP contribution in [0, 0.1) is 11.3 Å². The van der Waals surface area contributed by atoms with E-state index in [0.29, 0.717) is 18.7 Å². The number of benzene rings is 2. The average Bonchev–Trinajstić information content (AvgIpc) is 2.74. The van der Waals surface area contributed by atoms with E-state index >= 15 is 0 Å². The zero-order valence-electron chi connectivity index (χ0n) is 15.4. The number of anilines is 1. The lowest BCUT2D eigenvalue weighted by molar-refractivity contribution is 0.193. The number of nitriles is 1. The van der Waals surface area contributed by atoms with Crippen molar-refractivity contribution in [2.24, 2.45) is 5.73 Å². The van der Waals surface area contributed by atoms with Crippen LogP contribution in [0.4, 0.5) is 10.5 Å². The Kier molecular flexibility index (Phi) is 4.81. The third-order valence-electron chi connectivity index (χ3n) is 5.25. The summed E-state index contributed by atoms with van der Waals surface area (Å²) < 4.78 is 0. The molecule has 28 heavy (non-hydrogen) atoms. The molecule has 6 nitrogen and oxygen atoms in total. The van der Waals surface area contributed by atoms with Gasteiger partial charge in [-0.2, -0.15) is 5.26 Å². The highest BCUT2D eigenvalue weighted by Gasteiger charge is 2.21. The van der Waals surface area contributed by atoms with Gasteiger partial charge in [0.05, 0.1) is 11.6 Å². The first-order valence-electron chi connectivity index (χ1n) is 9.33. The molecule has 1 fully saturated rings. The summed E-state index contributed by atoms with van der Waals surface area (Å²) in [5.74, 6) is 0. The van der Waals surface area contributed by atoms with Gasteiger partial charge in [0.15, 0.2) is 0 Å². The molecular weight excluding hydrogens is 350 g/mol. The first-order valence-corrected chi connectivity index (χ1v) is 9.33. The molecule has 0 aliphatic carbocycles. The Labute approximate surface area is 163 Å². The molecule has 0 unspecified atom stereocenters. The lowest BCUT2D eigenvalue weighted by atomic mass is 9.98. The Hall–Kier alpha value is -3.59. The summed E-state index contributed by atoms with van der Waals surface area (Å²) in [6, 6.07) is 16.0. The van der Waals surface area contributed by atoms with Gasteiger partial charge in [-0.15, -0.1) is 0 Å². The number of nitrogens with two attached hydrogens (primary N) is 1. The molecule has 2 aromatic carbocycles. The van der Waals surface area contributed by atoms with Crippen molar-refractivity contribution < 1.29 is 4.79 Å². The quantitative estimate of drug-likeness (QED) is 0.733. The van der Waals surface area contributed by atoms with Crippen molar-refractivity contribution in [1.29, 1.82) is 5.26 Å². The number of rotatable bonds is 3. The van der Waals surface area contributed by atoms with Crippen LogP contribution < -0.4 is 11.1 Å². The van der Waals surface area contributed by atoms with E-state index in [1.807, 2.05) is 30.5 Å². The van der Waals surface area contributed by atoms with Crippen molar-refractivity contribution in [3.63, 3.8) is 0 Å². The maximum Gasteiger partial charge on any atom is 0.314 e. The Balaban J connectivity index is 1.67. The molecule has 0 atom stereocenters. The van der Waals surface area contributed by atoms with Gasteiger partial charge in [0, 0.05) is 42.6 Å². The predicted molar refractivity (Wildman–Crippen MR) is 110 cm³/mol. The van der Waals surface area contributed by atoms with Gasteiger partial charge >= 0.3 is 6.03 Å². The molecule has 1 aliphatic heterocycles. The van der Waals surface area contributed by atoms with Crippen molar-refractivity contribution in [1.82, 2.24) is 9.88 Å². The zero-order valence-corrected chi connectivity index (χ0v) is 15.4. The summed E-state index contributed by atoms with van der Waals surface area (Å²) in [7, 11) is 0. The van der Waals surface area contributed by atoms with Gasteiger partial charge in [-0.3, -0.25) is 4.98 Å². The van der Waals surface area contributed by atoms with Crippen LogP contribution in [0.3, 0.4) is 0 Å². The molecule has 3 aromatic rings. The number of carbonyl (C=O) groups excluding carboxylic acids is 1. The summed E-state index contributed by atoms with van der Waals surface area (Å²) in [6.45, 7) is 1.32. The molecule has 140 valence electrons. The second-order valence-corrected chi connectivity index (χ2v) is 7.06. The number of urea groups is 1. The molecule has 1 aliphatic rings. The van der Waals surface area contributed by atoms with E-state index in [4.69, 9.17) is 5.73 Å². The molecule has 1 saturated heterocycles. The maximum atomic E-state index is 11.3. The molecule has 0 saturated carbocycles. The maximum absolute atomic E-state index is 11.3. The van der Waals surface area contributed by atoms with Crippen LogP contribution in [0.2, 0.25) is 0 Å². The van der Waals surface area contributed by atoms with E-state index in [9.17, 15) is 10.1 Å². The first kappa shape index (κ1) is 17.8. The second-order valence-electron chi connectivity index (χ2n) is 7.06. The number of likely N-dealkylation sites (tertiary alicyclic amines) is 1. The molecule has 6 heteroatoms. The fourth-order valence-corrected chi connectivity index (χ4v) is 3.72. The largest absolute Gasteiger partial charge is 0.382 e. The van der Waals surface area contributed by atoms with Gasteiger partial charge in [0.25, 0.3) is 0 Å². The number of pyridine rings is 1. The number of carbonyl (C=O) groups is 1. The summed E-state index contributed by atoms with van der Waals surface area (Å²) in [6.07, 6.45) is 5.34. The van der Waals surface area contributed by atoms with Crippen LogP contribution in [0.1, 0.15) is 18.4 Å². The summed E-state index contributed by atoms with van der Waals surface area (Å²) >= 11 is 0. The number of primary amides is 1. The Morgan fingerprint density at radius 3 is 2.75 bits per heavy atom. The van der Waals surface area contributed by atoms with Crippen LogP contribution >= 0.6 is 0 Å². The van der Waals surface area contributed by atoms with Crippen molar-refractivity contribution in [3.8, 4) is 17.2 Å². The number of aromatic nitrogens is 1. The number of hydrogen-bond acceptors (Lipinski definition) is 4. The Morgan fingerprint density at radius 1 is 1.18 bits per heavy atom. The summed E-state index contributed by atoms with van der Waals surface area (Å²) in [5, 5.41) is 15.0. The lowest BCUT2D eigenvalue weighted by Gasteiger charge is -2.32. The highest BCUT2D eigenvalue weighted by atomic mass is 16.2. The van der Waals surface area contributed by atoms with Crippen molar-refractivity contribution >= 4 is 22.5 Å². The molecule has 0 bridgehead atoms. The van der Waals surface area contributed by atoms with Crippen LogP contribution in [0.5, 0.6) is 0 Å². The van der Waals surface area contributed by atoms with Crippen LogP contribution in [0.25, 0.3) is 21.9 Å². The van der Waals surface area contributed by atoms with E-state index in [2.05, 4.69) is 28.5 Å². The number of amides is 2. The van der Waals surface area contributed by atoms with Crippen molar-refractivity contribution in [2.45, 2.75) is 18.9 Å². The molecule has 2 heterocycles. The van der Waals surface area contributed by atoms with Gasteiger partial charge < -0.3 is 16.0 Å². The number of nitrogens with zero attached hydrogens (tertiary/aromatic N) is 3. The summed E-state index contributed by atoms with van der Waals surface area (Å²) in [5.41, 5.74) is 9.09. The molecule has 0 radical (unpaired) electrons. The molecule has 2 amide bonds. The molecule has 3 N–H and O–H groups in total. The van der Waals surface area contributed by atoms with Crippen LogP contribution in [-0.4, -0.2) is 35.0 Å². The van der Waals surface area contributed by atoms with Gasteiger partial charge in [0.2, 0.25) is 0 Å². The van der Waals surface area contributed by atoms with Crippen molar-refractivity contribution in [2.75, 3.05) is 18.4 Å². The minimum absolute atomic E-state index is 0.264. The number of fused-ring (bicyclic) bond motifs is 1. The van der Waals surface area contributed by atoms with Gasteiger partial charge in [-0.25, -0.2) is 4.79 Å². The highest BCUT2D eigenvalue weighted by Crippen LogP contribution is 2.32. The van der Waals surface area contributed by atoms with Gasteiger partial charge in [-0.05, 0) is 59.7 Å². The van der Waals surface area contributed by atoms with E-state index in [-0.39, 0.29) is 12.1 Å². The fraction of sp³-hybridized carbons (Fsp3) is 0.227. The SMILES string of the molecule is N#Cc1cccc(-c2cc(NC3CCN(C(N)=O)CC3)c3cnccc3c2)c1. The first-order chi connectivity index (χ1) is 13.6. The normalized spacial score (nSPS) is 14.6. The molecular formula is C22H21N5O. The number of hydrogen-bond donors (Lipinski definition) is 2. The third kappa shape index (κ3) is 3.60. The van der Waals surface area contributed by atoms with Crippen LogP contribution in [-0.2, 0) is 0 Å². The average molecular weight is 371 g/mol. The lowest BCUT2D eigenvalue weighted by Crippen LogP contribution is -2.44. The van der Waals surface area contributed by atoms with Crippen molar-refractivity contribution in [3.05, 3.63) is 60.4 Å². The summed E-state index contributed by atoms with van der Waals surface area (Å²) in [4.78, 5) is 17.3. The molecule has 0 spiro atoms. The predicted octanol–water partition coefficient (Wildman–Crippen LogP) is 3.73. The van der Waals surface area contributed by atoms with E-state index in [1.54, 1.807) is 17.2 Å². The smallest absolute Gasteiger partial charge is 0.314 e. The zero-order chi connectivity index (χ0) is 19.5. The highest BCUT2D eigenvalue weighted by molar-refractivity contribution is 5.97. The molecule has 1 aromatic heterocycles.